The van der Waals surface area contributed by atoms with Crippen LogP contribution in [-0.4, -0.2) is 25.2 Å². The van der Waals surface area contributed by atoms with Crippen LogP contribution >= 0.6 is 0 Å². The molecule has 3 amide bonds. The Morgan fingerprint density at radius 1 is 1.27 bits per heavy atom. The van der Waals surface area contributed by atoms with E-state index in [4.69, 9.17) is 10.5 Å². The number of urea groups is 1. The van der Waals surface area contributed by atoms with Gasteiger partial charge in [-0.25, -0.2) is 4.79 Å². The number of imide groups is 1. The fourth-order valence-corrected chi connectivity index (χ4v) is 2.21. The average molecular weight is 358 g/mol. The summed E-state index contributed by atoms with van der Waals surface area (Å²) < 4.78 is 6.01. The fraction of sp³-hybridized carbons (Fsp3) is 0.316. The zero-order valence-corrected chi connectivity index (χ0v) is 15.8. The fourth-order valence-electron chi connectivity index (χ4n) is 2.21. The van der Waals surface area contributed by atoms with Crippen LogP contribution in [0.4, 0.5) is 10.5 Å². The van der Waals surface area contributed by atoms with Crippen LogP contribution in [-0.2, 0) is 11.2 Å². The summed E-state index contributed by atoms with van der Waals surface area (Å²) in [5.74, 6) is 0.816. The highest BCUT2D eigenvalue weighted by molar-refractivity contribution is 6.00. The molecule has 7 heteroatoms. The van der Waals surface area contributed by atoms with Crippen molar-refractivity contribution in [1.29, 1.82) is 0 Å². The van der Waals surface area contributed by atoms with Crippen LogP contribution in [0.25, 0.3) is 0 Å². The Labute approximate surface area is 154 Å². The number of hydrogen-bond acceptors (Lipinski definition) is 5. The van der Waals surface area contributed by atoms with Crippen molar-refractivity contribution in [3.63, 3.8) is 0 Å². The lowest BCUT2D eigenvalue weighted by Crippen LogP contribution is -2.32. The normalized spacial score (nSPS) is 12.2. The van der Waals surface area contributed by atoms with E-state index in [1.54, 1.807) is 38.4 Å². The van der Waals surface area contributed by atoms with Gasteiger partial charge in [-0.15, -0.1) is 0 Å². The van der Waals surface area contributed by atoms with Crippen molar-refractivity contribution >= 4 is 23.8 Å². The zero-order chi connectivity index (χ0) is 19.7. The Bertz CT molecular complexity index is 760. The molecule has 4 N–H and O–H groups in total. The second kappa shape index (κ2) is 10.0. The third-order valence-electron chi connectivity index (χ3n) is 3.27. The molecule has 0 radical (unpaired) electrons. The largest absolute Gasteiger partial charge is 0.455 e. The third-order valence-corrected chi connectivity index (χ3v) is 3.27. The monoisotopic (exact) mass is 358 g/mol. The number of nitrogens with one attached hydrogen (secondary N) is 2. The molecule has 0 heterocycles. The minimum atomic E-state index is -0.574. The standard InChI is InChI=1S/C19H26N4O3/c1-6-15-10-16(23-19(25)22-14(4)24)9-12(2)18(15)26-17(11-21-5)8-7-13(3)20/h7-11H,6,20H2,1-5H3,(H2,22,23,24,25)/b13-7+,17-8+,21-11?. The molecule has 0 unspecified atom stereocenters. The summed E-state index contributed by atoms with van der Waals surface area (Å²) >= 11 is 0. The van der Waals surface area contributed by atoms with Crippen LogP contribution in [0.5, 0.6) is 5.75 Å². The van der Waals surface area contributed by atoms with E-state index in [2.05, 4.69) is 15.6 Å². The number of nitrogens with zero attached hydrogens (tertiary/aromatic N) is 1. The quantitative estimate of drug-likeness (QED) is 0.413. The highest BCUT2D eigenvalue weighted by Gasteiger charge is 2.12. The first-order chi connectivity index (χ1) is 12.3. The van der Waals surface area contributed by atoms with E-state index in [0.29, 0.717) is 29.3 Å². The van der Waals surface area contributed by atoms with Gasteiger partial charge >= 0.3 is 6.03 Å². The van der Waals surface area contributed by atoms with E-state index in [1.165, 1.54) is 6.92 Å². The molecule has 0 aliphatic carbocycles. The highest BCUT2D eigenvalue weighted by atomic mass is 16.5. The number of aryl methyl sites for hydroxylation is 2. The summed E-state index contributed by atoms with van der Waals surface area (Å²) in [6.45, 7) is 6.93. The van der Waals surface area contributed by atoms with Gasteiger partial charge in [0, 0.05) is 25.4 Å². The number of rotatable bonds is 6. The molecular formula is C19H26N4O3. The molecule has 140 valence electrons. The zero-order valence-electron chi connectivity index (χ0n) is 15.8. The first-order valence-electron chi connectivity index (χ1n) is 8.23. The van der Waals surface area contributed by atoms with E-state index in [1.807, 2.05) is 19.9 Å². The van der Waals surface area contributed by atoms with Crippen molar-refractivity contribution in [1.82, 2.24) is 5.32 Å². The maximum Gasteiger partial charge on any atom is 0.325 e. The number of hydrogen-bond donors (Lipinski definition) is 3. The molecule has 1 aromatic rings. The number of aliphatic imine (C=N–C) groups is 1. The van der Waals surface area contributed by atoms with Crippen LogP contribution < -0.4 is 21.1 Å². The number of nitrogens with two attached hydrogens (primary N) is 1. The Kier molecular flexibility index (Phi) is 8.08. The van der Waals surface area contributed by atoms with Gasteiger partial charge in [-0.2, -0.15) is 0 Å². The van der Waals surface area contributed by atoms with Crippen molar-refractivity contribution in [3.05, 3.63) is 46.9 Å². The Hall–Kier alpha value is -3.09. The van der Waals surface area contributed by atoms with E-state index < -0.39 is 11.9 Å². The van der Waals surface area contributed by atoms with E-state index >= 15 is 0 Å². The van der Waals surface area contributed by atoms with Gasteiger partial charge < -0.3 is 15.8 Å². The molecule has 0 bridgehead atoms. The number of amides is 3. The van der Waals surface area contributed by atoms with E-state index in [0.717, 1.165) is 11.1 Å². The second-order valence-electron chi connectivity index (χ2n) is 5.74. The first kappa shape index (κ1) is 21.0. The molecule has 0 saturated carbocycles. The first-order valence-corrected chi connectivity index (χ1v) is 8.23. The van der Waals surface area contributed by atoms with Crippen LogP contribution in [0, 0.1) is 6.92 Å². The number of carbonyl (C=O) groups excluding carboxylic acids is 2. The van der Waals surface area contributed by atoms with Gasteiger partial charge in [0.15, 0.2) is 0 Å². The van der Waals surface area contributed by atoms with Crippen molar-refractivity contribution in [2.75, 3.05) is 12.4 Å². The Morgan fingerprint density at radius 3 is 2.50 bits per heavy atom. The minimum Gasteiger partial charge on any atom is -0.455 e. The maximum absolute atomic E-state index is 11.7. The summed E-state index contributed by atoms with van der Waals surface area (Å²) in [6, 6.07) is 3.01. The van der Waals surface area contributed by atoms with Gasteiger partial charge in [0.2, 0.25) is 5.91 Å². The predicted molar refractivity (Wildman–Crippen MR) is 104 cm³/mol. The van der Waals surface area contributed by atoms with Crippen LogP contribution in [0.3, 0.4) is 0 Å². The van der Waals surface area contributed by atoms with Gasteiger partial charge in [0.25, 0.3) is 0 Å². The molecule has 0 saturated heterocycles. The van der Waals surface area contributed by atoms with Crippen LogP contribution in [0.15, 0.2) is 40.7 Å². The third kappa shape index (κ3) is 6.80. The molecular weight excluding hydrogens is 332 g/mol. The SMILES string of the molecule is CCc1cc(NC(=O)NC(C)=O)cc(C)c1O/C(C=NC)=C/C=C(\C)N. The summed E-state index contributed by atoms with van der Waals surface area (Å²) in [6.07, 6.45) is 5.78. The lowest BCUT2D eigenvalue weighted by Gasteiger charge is -2.16. The second-order valence-corrected chi connectivity index (χ2v) is 5.74. The number of allylic oxidation sites excluding steroid dienone is 4. The van der Waals surface area contributed by atoms with Gasteiger partial charge in [0.1, 0.15) is 11.5 Å². The lowest BCUT2D eigenvalue weighted by atomic mass is 10.1. The summed E-state index contributed by atoms with van der Waals surface area (Å²) in [5, 5.41) is 4.82. The summed E-state index contributed by atoms with van der Waals surface area (Å²) in [4.78, 5) is 26.7. The van der Waals surface area contributed by atoms with Crippen LogP contribution in [0.1, 0.15) is 31.9 Å². The lowest BCUT2D eigenvalue weighted by molar-refractivity contribution is -0.117. The summed E-state index contributed by atoms with van der Waals surface area (Å²) in [5.41, 5.74) is 8.64. The molecule has 26 heavy (non-hydrogen) atoms. The number of anilines is 1. The average Bonchev–Trinajstić information content (AvgIpc) is 2.53. The molecule has 0 fully saturated rings. The molecule has 0 aromatic heterocycles. The minimum absolute atomic E-state index is 0.424. The molecule has 0 aliphatic rings. The summed E-state index contributed by atoms with van der Waals surface area (Å²) in [7, 11) is 1.66. The van der Waals surface area contributed by atoms with Crippen LogP contribution in [0.2, 0.25) is 0 Å². The van der Waals surface area contributed by atoms with Gasteiger partial charge in [-0.05, 0) is 55.7 Å². The number of ether oxygens (including phenoxy) is 1. The number of carbonyl (C=O) groups is 2. The number of benzene rings is 1. The van der Waals surface area contributed by atoms with Crippen molar-refractivity contribution < 1.29 is 14.3 Å². The molecule has 0 aliphatic heterocycles. The molecule has 0 spiro atoms. The van der Waals surface area contributed by atoms with Crippen molar-refractivity contribution in [3.8, 4) is 5.75 Å². The Balaban J connectivity index is 3.16. The highest BCUT2D eigenvalue weighted by Crippen LogP contribution is 2.29. The Morgan fingerprint density at radius 2 is 1.96 bits per heavy atom. The topological polar surface area (TPSA) is 106 Å². The van der Waals surface area contributed by atoms with Gasteiger partial charge in [-0.1, -0.05) is 6.92 Å². The van der Waals surface area contributed by atoms with E-state index in [9.17, 15) is 9.59 Å². The van der Waals surface area contributed by atoms with Gasteiger partial charge in [-0.3, -0.25) is 15.1 Å². The molecule has 0 atom stereocenters. The smallest absolute Gasteiger partial charge is 0.325 e. The maximum atomic E-state index is 11.7. The van der Waals surface area contributed by atoms with Gasteiger partial charge in [0.05, 0.1) is 6.21 Å². The van der Waals surface area contributed by atoms with Crippen molar-refractivity contribution in [2.24, 2.45) is 10.7 Å². The molecule has 1 aromatic carbocycles. The molecule has 7 nitrogen and oxygen atoms in total. The molecule has 1 rings (SSSR count). The predicted octanol–water partition coefficient (Wildman–Crippen LogP) is 3.05. The van der Waals surface area contributed by atoms with Crippen molar-refractivity contribution in [2.45, 2.75) is 34.1 Å². The van der Waals surface area contributed by atoms with E-state index in [-0.39, 0.29) is 0 Å².